The second kappa shape index (κ2) is 9.12. The molecule has 1 aliphatic carbocycles. The lowest BCUT2D eigenvalue weighted by Crippen LogP contribution is -2.33. The van der Waals surface area contributed by atoms with Crippen molar-refractivity contribution in [3.05, 3.63) is 76.9 Å². The summed E-state index contributed by atoms with van der Waals surface area (Å²) in [6, 6.07) is 3.00. The average molecular weight is 399 g/mol. The van der Waals surface area contributed by atoms with Crippen LogP contribution < -0.4 is 5.32 Å². The van der Waals surface area contributed by atoms with Crippen LogP contribution in [0.15, 0.2) is 59.7 Å². The maximum Gasteiger partial charge on any atom is 0.258 e. The molecular weight excluding hydrogens is 372 g/mol. The van der Waals surface area contributed by atoms with Crippen molar-refractivity contribution in [2.75, 3.05) is 0 Å². The van der Waals surface area contributed by atoms with E-state index in [0.717, 1.165) is 24.1 Å². The monoisotopic (exact) mass is 399 g/mol. The number of benzene rings is 1. The van der Waals surface area contributed by atoms with Crippen LogP contribution in [-0.4, -0.2) is 11.8 Å². The lowest BCUT2D eigenvalue weighted by molar-refractivity contribution is -0.125. The highest BCUT2D eigenvalue weighted by Gasteiger charge is 2.22. The Bertz CT molecular complexity index is 931. The quantitative estimate of drug-likeness (QED) is 0.651. The Balaban J connectivity index is 2.36. The van der Waals surface area contributed by atoms with E-state index in [1.165, 1.54) is 11.6 Å². The van der Waals surface area contributed by atoms with E-state index in [0.29, 0.717) is 12.8 Å². The van der Waals surface area contributed by atoms with E-state index < -0.39 is 23.4 Å². The summed E-state index contributed by atoms with van der Waals surface area (Å²) >= 11 is 0. The normalized spacial score (nSPS) is 14.8. The zero-order chi connectivity index (χ0) is 21.8. The van der Waals surface area contributed by atoms with Gasteiger partial charge in [-0.05, 0) is 55.4 Å². The number of rotatable bonds is 5. The first-order valence-corrected chi connectivity index (χ1v) is 9.53. The van der Waals surface area contributed by atoms with E-state index >= 15 is 0 Å². The van der Waals surface area contributed by atoms with E-state index in [2.05, 4.69) is 11.9 Å². The molecule has 0 unspecified atom stereocenters. The Morgan fingerprint density at radius 2 is 1.83 bits per heavy atom. The summed E-state index contributed by atoms with van der Waals surface area (Å²) in [5.41, 5.74) is 2.03. The average Bonchev–Trinajstić information content (AvgIpc) is 2.60. The summed E-state index contributed by atoms with van der Waals surface area (Å²) in [6.07, 6.45) is 7.26. The zero-order valence-electron chi connectivity index (χ0n) is 17.4. The standard InChI is InChI=1S/C24H27F2NO2/c1-15-6-8-17(9-7-15)12-20(19-11-10-18(25)13-21(19)26)23(29)27-22(28)16(2)14-24(3,4)5/h6,8,10-13H,2,7,9,14H2,1,3-5H3,(H,27,28,29)/b20-12+. The summed E-state index contributed by atoms with van der Waals surface area (Å²) in [6.45, 7) is 11.6. The molecule has 0 aromatic heterocycles. The molecular formula is C24H27F2NO2. The van der Waals surface area contributed by atoms with Gasteiger partial charge in [-0.2, -0.15) is 0 Å². The molecule has 2 amide bonds. The molecule has 0 spiro atoms. The first-order valence-electron chi connectivity index (χ1n) is 9.53. The fourth-order valence-electron chi connectivity index (χ4n) is 3.02. The molecule has 154 valence electrons. The highest BCUT2D eigenvalue weighted by Crippen LogP contribution is 2.26. The minimum Gasteiger partial charge on any atom is -0.288 e. The van der Waals surface area contributed by atoms with Crippen LogP contribution in [0.25, 0.3) is 5.57 Å². The van der Waals surface area contributed by atoms with E-state index in [-0.39, 0.29) is 22.1 Å². The highest BCUT2D eigenvalue weighted by molar-refractivity contribution is 6.25. The van der Waals surface area contributed by atoms with Crippen molar-refractivity contribution in [3.63, 3.8) is 0 Å². The zero-order valence-corrected chi connectivity index (χ0v) is 17.4. The number of carbonyl (C=O) groups is 2. The van der Waals surface area contributed by atoms with Crippen molar-refractivity contribution < 1.29 is 18.4 Å². The van der Waals surface area contributed by atoms with Crippen LogP contribution in [0.5, 0.6) is 0 Å². The minimum atomic E-state index is -0.865. The summed E-state index contributed by atoms with van der Waals surface area (Å²) < 4.78 is 27.7. The van der Waals surface area contributed by atoms with Gasteiger partial charge in [-0.3, -0.25) is 14.9 Å². The molecule has 0 bridgehead atoms. The molecule has 0 saturated heterocycles. The summed E-state index contributed by atoms with van der Waals surface area (Å²) in [7, 11) is 0. The van der Waals surface area contributed by atoms with Crippen LogP contribution in [0.1, 0.15) is 52.5 Å². The minimum absolute atomic E-state index is 0.0291. The second-order valence-electron chi connectivity index (χ2n) is 8.56. The van der Waals surface area contributed by atoms with Gasteiger partial charge in [-0.25, -0.2) is 8.78 Å². The van der Waals surface area contributed by atoms with Crippen molar-refractivity contribution in [2.45, 2.75) is 47.0 Å². The van der Waals surface area contributed by atoms with Gasteiger partial charge in [0.25, 0.3) is 11.8 Å². The lowest BCUT2D eigenvalue weighted by atomic mass is 9.88. The number of imide groups is 1. The third-order valence-electron chi connectivity index (χ3n) is 4.48. The Hall–Kier alpha value is -2.82. The van der Waals surface area contributed by atoms with Crippen molar-refractivity contribution in [1.82, 2.24) is 5.32 Å². The van der Waals surface area contributed by atoms with E-state index in [4.69, 9.17) is 0 Å². The molecule has 0 saturated carbocycles. The van der Waals surface area contributed by atoms with Gasteiger partial charge < -0.3 is 0 Å². The van der Waals surface area contributed by atoms with Crippen LogP contribution in [0.2, 0.25) is 0 Å². The largest absolute Gasteiger partial charge is 0.288 e. The smallest absolute Gasteiger partial charge is 0.258 e. The number of carbonyl (C=O) groups excluding carboxylic acids is 2. The Morgan fingerprint density at radius 3 is 2.38 bits per heavy atom. The van der Waals surface area contributed by atoms with Crippen molar-refractivity contribution in [1.29, 1.82) is 0 Å². The number of nitrogens with one attached hydrogen (secondary N) is 1. The Labute approximate surface area is 170 Å². The van der Waals surface area contributed by atoms with Gasteiger partial charge in [0.05, 0.1) is 5.57 Å². The van der Waals surface area contributed by atoms with Gasteiger partial charge >= 0.3 is 0 Å². The molecule has 5 heteroatoms. The van der Waals surface area contributed by atoms with E-state index in [1.807, 2.05) is 39.8 Å². The summed E-state index contributed by atoms with van der Waals surface area (Å²) in [5.74, 6) is -2.96. The van der Waals surface area contributed by atoms with E-state index in [1.54, 1.807) is 6.08 Å². The molecule has 0 aliphatic heterocycles. The maximum absolute atomic E-state index is 14.4. The number of hydrogen-bond donors (Lipinski definition) is 1. The van der Waals surface area contributed by atoms with Crippen LogP contribution in [-0.2, 0) is 9.59 Å². The molecule has 0 fully saturated rings. The maximum atomic E-state index is 14.4. The van der Waals surface area contributed by atoms with Gasteiger partial charge in [0, 0.05) is 17.2 Å². The summed E-state index contributed by atoms with van der Waals surface area (Å²) in [4.78, 5) is 25.3. The van der Waals surface area contributed by atoms with Crippen LogP contribution >= 0.6 is 0 Å². The topological polar surface area (TPSA) is 46.2 Å². The fraction of sp³-hybridized carbons (Fsp3) is 0.333. The molecule has 0 heterocycles. The lowest BCUT2D eigenvalue weighted by Gasteiger charge is -2.19. The van der Waals surface area contributed by atoms with Crippen LogP contribution in [0.3, 0.4) is 0 Å². The predicted molar refractivity (Wildman–Crippen MR) is 112 cm³/mol. The third kappa shape index (κ3) is 6.63. The first kappa shape index (κ1) is 22.5. The number of hydrogen-bond acceptors (Lipinski definition) is 2. The molecule has 0 radical (unpaired) electrons. The van der Waals surface area contributed by atoms with Crippen molar-refractivity contribution >= 4 is 17.4 Å². The SMILES string of the molecule is C=C(CC(C)(C)C)C(=O)NC(=O)/C(=C/C1=CC=C(C)CC1)c1ccc(F)cc1F. The van der Waals surface area contributed by atoms with Gasteiger partial charge in [-0.15, -0.1) is 0 Å². The molecule has 3 nitrogen and oxygen atoms in total. The van der Waals surface area contributed by atoms with Crippen molar-refractivity contribution in [2.24, 2.45) is 5.41 Å². The third-order valence-corrected chi connectivity index (χ3v) is 4.48. The Kier molecular flexibility index (Phi) is 7.07. The predicted octanol–water partition coefficient (Wildman–Crippen LogP) is 5.65. The number of allylic oxidation sites excluding steroid dienone is 5. The van der Waals surface area contributed by atoms with Crippen LogP contribution in [0.4, 0.5) is 8.78 Å². The molecule has 2 rings (SSSR count). The highest BCUT2D eigenvalue weighted by atomic mass is 19.1. The number of halogens is 2. The molecule has 0 atom stereocenters. The second-order valence-corrected chi connectivity index (χ2v) is 8.56. The molecule has 1 N–H and O–H groups in total. The van der Waals surface area contributed by atoms with Crippen molar-refractivity contribution in [3.8, 4) is 0 Å². The van der Waals surface area contributed by atoms with Crippen LogP contribution in [0, 0.1) is 17.0 Å². The first-order chi connectivity index (χ1) is 13.5. The fourth-order valence-corrected chi connectivity index (χ4v) is 3.02. The molecule has 1 aromatic carbocycles. The molecule has 29 heavy (non-hydrogen) atoms. The Morgan fingerprint density at radius 1 is 1.14 bits per heavy atom. The van der Waals surface area contributed by atoms with E-state index in [9.17, 15) is 18.4 Å². The van der Waals surface area contributed by atoms with Gasteiger partial charge in [0.1, 0.15) is 11.6 Å². The van der Waals surface area contributed by atoms with Gasteiger partial charge in [0.15, 0.2) is 0 Å². The summed E-state index contributed by atoms with van der Waals surface area (Å²) in [5, 5.41) is 2.29. The van der Waals surface area contributed by atoms with Gasteiger partial charge in [-0.1, -0.05) is 45.1 Å². The number of amides is 2. The molecule has 1 aliphatic rings. The van der Waals surface area contributed by atoms with Gasteiger partial charge in [0.2, 0.25) is 0 Å². The molecule has 1 aromatic rings.